The Hall–Kier alpha value is -1.59. The Kier molecular flexibility index (Phi) is 4.85. The fourth-order valence-electron chi connectivity index (χ4n) is 2.71. The Balaban J connectivity index is 2.27. The Bertz CT molecular complexity index is 510. The van der Waals surface area contributed by atoms with E-state index in [9.17, 15) is 13.2 Å². The van der Waals surface area contributed by atoms with Crippen molar-refractivity contribution in [2.24, 2.45) is 27.6 Å². The van der Waals surface area contributed by atoms with E-state index in [2.05, 4.69) is 9.98 Å². The third-order valence-electron chi connectivity index (χ3n) is 4.03. The van der Waals surface area contributed by atoms with Crippen molar-refractivity contribution in [3.05, 3.63) is 23.7 Å². The van der Waals surface area contributed by atoms with E-state index in [0.717, 1.165) is 6.08 Å². The maximum atomic E-state index is 14.1. The quantitative estimate of drug-likeness (QED) is 0.851. The Labute approximate surface area is 122 Å². The van der Waals surface area contributed by atoms with E-state index in [4.69, 9.17) is 5.73 Å². The molecule has 0 saturated heterocycles. The standard InChI is InChI=1S/C15H20F3N3/c1-3-9(16)4-10-8(2)6-20-7-11(10)14-12(17)5-13(18)15(19)21-14/h5-10,12,14H,3-4H2,1-2H3,(H2,19,21). The Morgan fingerprint density at radius 2 is 2.14 bits per heavy atom. The van der Waals surface area contributed by atoms with Crippen molar-refractivity contribution in [2.75, 3.05) is 0 Å². The van der Waals surface area contributed by atoms with Gasteiger partial charge in [-0.25, -0.2) is 13.2 Å². The van der Waals surface area contributed by atoms with Crippen LogP contribution in [0.25, 0.3) is 0 Å². The molecule has 3 nitrogen and oxygen atoms in total. The first-order valence-electron chi connectivity index (χ1n) is 7.16. The average molecular weight is 299 g/mol. The molecule has 2 aliphatic heterocycles. The molecule has 5 unspecified atom stereocenters. The van der Waals surface area contributed by atoms with Crippen LogP contribution in [0.1, 0.15) is 26.7 Å². The van der Waals surface area contributed by atoms with Crippen LogP contribution in [0.3, 0.4) is 0 Å². The van der Waals surface area contributed by atoms with Gasteiger partial charge in [-0.2, -0.15) is 0 Å². The van der Waals surface area contributed by atoms with Crippen LogP contribution < -0.4 is 5.73 Å². The van der Waals surface area contributed by atoms with Crippen molar-refractivity contribution in [1.29, 1.82) is 0 Å². The van der Waals surface area contributed by atoms with Crippen molar-refractivity contribution in [2.45, 2.75) is 45.1 Å². The van der Waals surface area contributed by atoms with Crippen LogP contribution in [0.4, 0.5) is 13.2 Å². The molecule has 116 valence electrons. The number of amidine groups is 1. The van der Waals surface area contributed by atoms with E-state index >= 15 is 0 Å². The van der Waals surface area contributed by atoms with Gasteiger partial charge in [0, 0.05) is 12.4 Å². The second-order valence-electron chi connectivity index (χ2n) is 5.55. The zero-order valence-corrected chi connectivity index (χ0v) is 12.1. The van der Waals surface area contributed by atoms with Gasteiger partial charge in [0.15, 0.2) is 11.7 Å². The second-order valence-corrected chi connectivity index (χ2v) is 5.55. The second kappa shape index (κ2) is 6.45. The highest BCUT2D eigenvalue weighted by Gasteiger charge is 2.36. The van der Waals surface area contributed by atoms with Gasteiger partial charge in [0.05, 0.1) is 0 Å². The number of nitrogens with two attached hydrogens (primary N) is 1. The van der Waals surface area contributed by atoms with Crippen LogP contribution in [-0.2, 0) is 0 Å². The predicted molar refractivity (Wildman–Crippen MR) is 78.5 cm³/mol. The normalized spacial score (nSPS) is 34.0. The first-order chi connectivity index (χ1) is 9.93. The van der Waals surface area contributed by atoms with Gasteiger partial charge in [0.2, 0.25) is 0 Å². The van der Waals surface area contributed by atoms with Crippen molar-refractivity contribution in [3.8, 4) is 0 Å². The lowest BCUT2D eigenvalue weighted by Crippen LogP contribution is -2.36. The van der Waals surface area contributed by atoms with Gasteiger partial charge in [-0.15, -0.1) is 0 Å². The van der Waals surface area contributed by atoms with Crippen LogP contribution in [0.5, 0.6) is 0 Å². The summed E-state index contributed by atoms with van der Waals surface area (Å²) in [5.41, 5.74) is 6.03. The van der Waals surface area contributed by atoms with Gasteiger partial charge in [-0.3, -0.25) is 9.98 Å². The van der Waals surface area contributed by atoms with E-state index in [1.54, 1.807) is 13.1 Å². The molecule has 2 rings (SSSR count). The third kappa shape index (κ3) is 3.36. The van der Waals surface area contributed by atoms with Crippen molar-refractivity contribution in [1.82, 2.24) is 0 Å². The molecule has 0 spiro atoms. The lowest BCUT2D eigenvalue weighted by Gasteiger charge is -2.32. The smallest absolute Gasteiger partial charge is 0.163 e. The van der Waals surface area contributed by atoms with E-state index in [-0.39, 0.29) is 24.1 Å². The molecule has 2 N–H and O–H groups in total. The largest absolute Gasteiger partial charge is 0.382 e. The number of hydrogen-bond donors (Lipinski definition) is 1. The molecule has 0 fully saturated rings. The van der Waals surface area contributed by atoms with Gasteiger partial charge in [-0.1, -0.05) is 13.8 Å². The van der Waals surface area contributed by atoms with E-state index < -0.39 is 24.2 Å². The van der Waals surface area contributed by atoms with Gasteiger partial charge in [0.25, 0.3) is 0 Å². The van der Waals surface area contributed by atoms with Gasteiger partial charge in [0.1, 0.15) is 18.4 Å². The highest BCUT2D eigenvalue weighted by Crippen LogP contribution is 2.35. The monoisotopic (exact) mass is 299 g/mol. The number of nitrogens with zero attached hydrogens (tertiary/aromatic N) is 2. The predicted octanol–water partition coefficient (Wildman–Crippen LogP) is 3.28. The fraction of sp³-hybridized carbons (Fsp3) is 0.600. The zero-order chi connectivity index (χ0) is 15.6. The number of aliphatic imine (C=N–C) groups is 2. The van der Waals surface area contributed by atoms with Gasteiger partial charge >= 0.3 is 0 Å². The maximum absolute atomic E-state index is 14.1. The Morgan fingerprint density at radius 3 is 2.81 bits per heavy atom. The van der Waals surface area contributed by atoms with Crippen LogP contribution in [-0.4, -0.2) is 30.4 Å². The minimum Gasteiger partial charge on any atom is -0.382 e. The molecule has 0 aliphatic carbocycles. The molecular weight excluding hydrogens is 279 g/mol. The maximum Gasteiger partial charge on any atom is 0.163 e. The molecule has 0 amide bonds. The van der Waals surface area contributed by atoms with Crippen LogP contribution in [0.15, 0.2) is 33.7 Å². The third-order valence-corrected chi connectivity index (χ3v) is 4.03. The molecule has 21 heavy (non-hydrogen) atoms. The first-order valence-corrected chi connectivity index (χ1v) is 7.16. The van der Waals surface area contributed by atoms with Crippen LogP contribution >= 0.6 is 0 Å². The van der Waals surface area contributed by atoms with Crippen molar-refractivity contribution < 1.29 is 13.2 Å². The van der Waals surface area contributed by atoms with Crippen LogP contribution in [0, 0.1) is 11.8 Å². The molecule has 0 aromatic heterocycles. The molecule has 6 heteroatoms. The summed E-state index contributed by atoms with van der Waals surface area (Å²) < 4.78 is 41.1. The summed E-state index contributed by atoms with van der Waals surface area (Å²) in [7, 11) is 0. The summed E-state index contributed by atoms with van der Waals surface area (Å²) in [6.45, 7) is 3.67. The SMILES string of the molecule is CCC(F)CC1C(C2N=C(N)C(F)=CC2F)=CN=CC1C. The summed E-state index contributed by atoms with van der Waals surface area (Å²) in [5, 5.41) is 0. The fourth-order valence-corrected chi connectivity index (χ4v) is 2.71. The highest BCUT2D eigenvalue weighted by atomic mass is 19.1. The molecule has 0 aromatic rings. The van der Waals surface area contributed by atoms with Crippen molar-refractivity contribution >= 4 is 12.1 Å². The molecule has 5 atom stereocenters. The summed E-state index contributed by atoms with van der Waals surface area (Å²) in [6.07, 6.45) is 2.15. The van der Waals surface area contributed by atoms with E-state index in [0.29, 0.717) is 12.0 Å². The minimum atomic E-state index is -1.61. The molecule has 2 heterocycles. The zero-order valence-electron chi connectivity index (χ0n) is 12.1. The summed E-state index contributed by atoms with van der Waals surface area (Å²) >= 11 is 0. The molecule has 0 aromatic carbocycles. The Morgan fingerprint density at radius 1 is 1.43 bits per heavy atom. The number of dihydropyridines is 1. The van der Waals surface area contributed by atoms with E-state index in [1.165, 1.54) is 6.20 Å². The summed E-state index contributed by atoms with van der Waals surface area (Å²) in [5.74, 6) is -1.38. The molecule has 0 saturated carbocycles. The number of halogens is 3. The van der Waals surface area contributed by atoms with Crippen LogP contribution in [0.2, 0.25) is 0 Å². The molecule has 2 aliphatic rings. The summed E-state index contributed by atoms with van der Waals surface area (Å²) in [4.78, 5) is 7.97. The summed E-state index contributed by atoms with van der Waals surface area (Å²) in [6, 6.07) is -0.918. The van der Waals surface area contributed by atoms with Gasteiger partial charge in [-0.05, 0) is 36.3 Å². The molecular formula is C15H20F3N3. The lowest BCUT2D eigenvalue weighted by molar-refractivity contribution is 0.246. The lowest BCUT2D eigenvalue weighted by atomic mass is 9.78. The van der Waals surface area contributed by atoms with E-state index in [1.807, 2.05) is 6.92 Å². The average Bonchev–Trinajstić information content (AvgIpc) is 2.45. The number of rotatable bonds is 4. The highest BCUT2D eigenvalue weighted by molar-refractivity contribution is 5.96. The molecule has 0 radical (unpaired) electrons. The minimum absolute atomic E-state index is 0.0193. The van der Waals surface area contributed by atoms with Gasteiger partial charge < -0.3 is 5.73 Å². The van der Waals surface area contributed by atoms with Crippen molar-refractivity contribution in [3.63, 3.8) is 0 Å². The molecule has 0 bridgehead atoms. The number of hydrogen-bond acceptors (Lipinski definition) is 3. The first kappa shape index (κ1) is 15.8. The number of alkyl halides is 2. The topological polar surface area (TPSA) is 50.7 Å².